The second kappa shape index (κ2) is 7.40. The Hall–Kier alpha value is -2.37. The Bertz CT molecular complexity index is 1020. The second-order valence-corrected chi connectivity index (χ2v) is 10.9. The van der Waals surface area contributed by atoms with Crippen molar-refractivity contribution in [2.45, 2.75) is 84.7 Å². The second-order valence-electron chi connectivity index (χ2n) is 10.9. The number of imidazole rings is 3. The summed E-state index contributed by atoms with van der Waals surface area (Å²) < 4.78 is 9.08. The lowest BCUT2D eigenvalue weighted by Gasteiger charge is -2.26. The van der Waals surface area contributed by atoms with Gasteiger partial charge in [0.2, 0.25) is 0 Å². The topological polar surface area (TPSA) is 44.5 Å². The van der Waals surface area contributed by atoms with E-state index in [2.05, 4.69) is 111 Å². The largest absolute Gasteiger partial charge is 0.338 e. The van der Waals surface area contributed by atoms with E-state index in [1.807, 2.05) is 12.4 Å². The summed E-state index contributed by atoms with van der Waals surface area (Å²) in [6, 6.07) is 0. The molecule has 0 fully saturated rings. The summed E-state index contributed by atoms with van der Waals surface area (Å²) in [6.07, 6.45) is 11.2. The molecule has 3 aromatic heterocycles. The van der Waals surface area contributed by atoms with E-state index in [0.29, 0.717) is 0 Å². The Morgan fingerprint density at radius 1 is 0.933 bits per heavy atom. The molecular formula is C24H39N6+. The molecule has 6 heteroatoms. The Labute approximate surface area is 181 Å². The zero-order valence-corrected chi connectivity index (χ0v) is 20.5. The van der Waals surface area contributed by atoms with Gasteiger partial charge < -0.3 is 9.13 Å². The summed E-state index contributed by atoms with van der Waals surface area (Å²) in [7, 11) is 4.20. The van der Waals surface area contributed by atoms with Crippen LogP contribution in [0.4, 0.5) is 0 Å². The van der Waals surface area contributed by atoms with Crippen molar-refractivity contribution in [2.75, 3.05) is 0 Å². The highest BCUT2D eigenvalue weighted by Gasteiger charge is 2.33. The molecule has 0 atom stereocenters. The maximum Gasteiger partial charge on any atom is 0.253 e. The molecule has 3 rings (SSSR count). The molecule has 0 aliphatic carbocycles. The van der Waals surface area contributed by atoms with Gasteiger partial charge in [0.05, 0.1) is 0 Å². The van der Waals surface area contributed by atoms with Gasteiger partial charge in [0.25, 0.3) is 5.82 Å². The van der Waals surface area contributed by atoms with E-state index in [1.54, 1.807) is 0 Å². The SMILES string of the molecule is Cc1n(C(C)(C)C)cc[n+]1CC(C)(C)c1cnc(CC(C)(C)c2nccn2C)n1C. The molecule has 0 aliphatic heterocycles. The van der Waals surface area contributed by atoms with Crippen LogP contribution in [0.2, 0.25) is 0 Å². The third-order valence-electron chi connectivity index (χ3n) is 6.25. The van der Waals surface area contributed by atoms with Crippen LogP contribution in [0.25, 0.3) is 0 Å². The van der Waals surface area contributed by atoms with Crippen LogP contribution in [0.3, 0.4) is 0 Å². The van der Waals surface area contributed by atoms with Gasteiger partial charge in [-0.1, -0.05) is 27.7 Å². The molecule has 0 amide bonds. The Morgan fingerprint density at radius 3 is 2.13 bits per heavy atom. The summed E-state index contributed by atoms with van der Waals surface area (Å²) >= 11 is 0. The van der Waals surface area contributed by atoms with Crippen LogP contribution in [0, 0.1) is 6.92 Å². The molecule has 0 aromatic carbocycles. The molecule has 30 heavy (non-hydrogen) atoms. The summed E-state index contributed by atoms with van der Waals surface area (Å²) in [5.74, 6) is 3.45. The van der Waals surface area contributed by atoms with Gasteiger partial charge in [-0.2, -0.15) is 0 Å². The van der Waals surface area contributed by atoms with Crippen molar-refractivity contribution in [3.63, 3.8) is 0 Å². The van der Waals surface area contributed by atoms with Crippen molar-refractivity contribution < 1.29 is 4.57 Å². The van der Waals surface area contributed by atoms with Gasteiger partial charge in [-0.25, -0.2) is 19.1 Å². The molecule has 0 saturated carbocycles. The van der Waals surface area contributed by atoms with Crippen molar-refractivity contribution in [1.82, 2.24) is 23.7 Å². The van der Waals surface area contributed by atoms with Gasteiger partial charge in [-0.15, -0.1) is 0 Å². The van der Waals surface area contributed by atoms with Crippen LogP contribution in [0.5, 0.6) is 0 Å². The third kappa shape index (κ3) is 4.09. The van der Waals surface area contributed by atoms with Crippen LogP contribution in [-0.4, -0.2) is 23.7 Å². The molecule has 0 unspecified atom stereocenters. The predicted octanol–water partition coefficient (Wildman–Crippen LogP) is 3.80. The standard InChI is InChI=1S/C24H39N6/c1-18-29(13-14-30(18)22(2,3)4)17-24(7,8)19-16-26-20(28(19)10)15-23(5,6)21-25-11-12-27(21)9/h11-14,16H,15,17H2,1-10H3/q+1. The fourth-order valence-electron chi connectivity index (χ4n) is 4.62. The van der Waals surface area contributed by atoms with Crippen LogP contribution in [0.15, 0.2) is 31.0 Å². The van der Waals surface area contributed by atoms with E-state index in [0.717, 1.165) is 24.6 Å². The molecule has 6 nitrogen and oxygen atoms in total. The number of hydrogen-bond acceptors (Lipinski definition) is 2. The first-order valence-corrected chi connectivity index (χ1v) is 10.8. The van der Waals surface area contributed by atoms with Crippen LogP contribution in [0.1, 0.15) is 71.6 Å². The smallest absolute Gasteiger partial charge is 0.253 e. The molecule has 0 aliphatic rings. The molecule has 0 bridgehead atoms. The maximum atomic E-state index is 4.83. The van der Waals surface area contributed by atoms with Gasteiger partial charge >= 0.3 is 0 Å². The number of hydrogen-bond donors (Lipinski definition) is 0. The zero-order chi connectivity index (χ0) is 22.5. The molecule has 3 heterocycles. The Morgan fingerprint density at radius 2 is 1.60 bits per heavy atom. The molecule has 0 saturated heterocycles. The van der Waals surface area contributed by atoms with Gasteiger partial charge in [-0.3, -0.25) is 0 Å². The van der Waals surface area contributed by atoms with Crippen LogP contribution in [-0.2, 0) is 43.4 Å². The first kappa shape index (κ1) is 22.3. The molecule has 0 N–H and O–H groups in total. The molecule has 0 radical (unpaired) electrons. The van der Waals surface area contributed by atoms with Gasteiger partial charge in [0.1, 0.15) is 36.1 Å². The Balaban J connectivity index is 1.86. The molecule has 164 valence electrons. The summed E-state index contributed by atoms with van der Waals surface area (Å²) in [6.45, 7) is 18.9. The van der Waals surface area contributed by atoms with E-state index in [4.69, 9.17) is 4.98 Å². The number of nitrogens with zero attached hydrogens (tertiary/aromatic N) is 6. The van der Waals surface area contributed by atoms with E-state index in [1.165, 1.54) is 11.5 Å². The van der Waals surface area contributed by atoms with Crippen LogP contribution >= 0.6 is 0 Å². The lowest BCUT2D eigenvalue weighted by atomic mass is 9.87. The van der Waals surface area contributed by atoms with Gasteiger partial charge in [0.15, 0.2) is 0 Å². The fraction of sp³-hybridized carbons (Fsp3) is 0.625. The van der Waals surface area contributed by atoms with Gasteiger partial charge in [-0.05, 0) is 20.8 Å². The first-order valence-electron chi connectivity index (χ1n) is 10.8. The normalized spacial score (nSPS) is 13.3. The lowest BCUT2D eigenvalue weighted by molar-refractivity contribution is -0.710. The minimum absolute atomic E-state index is 0.0487. The number of aromatic nitrogens is 6. The van der Waals surface area contributed by atoms with Crippen molar-refractivity contribution >= 4 is 0 Å². The summed E-state index contributed by atoms with van der Waals surface area (Å²) in [4.78, 5) is 9.40. The average Bonchev–Trinajstić information content (AvgIpc) is 3.28. The fourth-order valence-corrected chi connectivity index (χ4v) is 4.62. The summed E-state index contributed by atoms with van der Waals surface area (Å²) in [5.41, 5.74) is 1.19. The maximum absolute atomic E-state index is 4.83. The van der Waals surface area contributed by atoms with Crippen molar-refractivity contribution in [3.05, 3.63) is 54.2 Å². The molecule has 0 spiro atoms. The zero-order valence-electron chi connectivity index (χ0n) is 20.5. The van der Waals surface area contributed by atoms with Gasteiger partial charge in [0, 0.05) is 62.6 Å². The van der Waals surface area contributed by atoms with E-state index in [-0.39, 0.29) is 16.4 Å². The van der Waals surface area contributed by atoms with Crippen molar-refractivity contribution in [2.24, 2.45) is 14.1 Å². The highest BCUT2D eigenvalue weighted by molar-refractivity contribution is 5.18. The molecule has 3 aromatic rings. The predicted molar refractivity (Wildman–Crippen MR) is 121 cm³/mol. The Kier molecular flexibility index (Phi) is 5.50. The first-order chi connectivity index (χ1) is 13.7. The van der Waals surface area contributed by atoms with Crippen molar-refractivity contribution in [3.8, 4) is 0 Å². The third-order valence-corrected chi connectivity index (χ3v) is 6.25. The summed E-state index contributed by atoms with van der Waals surface area (Å²) in [5, 5.41) is 0. The monoisotopic (exact) mass is 411 g/mol. The highest BCUT2D eigenvalue weighted by atomic mass is 15.2. The minimum Gasteiger partial charge on any atom is -0.338 e. The quantitative estimate of drug-likeness (QED) is 0.579. The van der Waals surface area contributed by atoms with Crippen molar-refractivity contribution in [1.29, 1.82) is 0 Å². The minimum atomic E-state index is -0.0892. The number of aryl methyl sites for hydroxylation is 1. The van der Waals surface area contributed by atoms with E-state index >= 15 is 0 Å². The average molecular weight is 412 g/mol. The molecular weight excluding hydrogens is 372 g/mol. The lowest BCUT2D eigenvalue weighted by Crippen LogP contribution is -2.46. The van der Waals surface area contributed by atoms with E-state index in [9.17, 15) is 0 Å². The van der Waals surface area contributed by atoms with E-state index < -0.39 is 0 Å². The van der Waals surface area contributed by atoms with Crippen LogP contribution < -0.4 is 4.57 Å². The number of rotatable bonds is 6. The highest BCUT2D eigenvalue weighted by Crippen LogP contribution is 2.29.